The lowest BCUT2D eigenvalue weighted by Gasteiger charge is -2.40. The van der Waals surface area contributed by atoms with E-state index in [0.717, 1.165) is 55.0 Å². The Labute approximate surface area is 150 Å². The maximum absolute atomic E-state index is 9.73. The van der Waals surface area contributed by atoms with Gasteiger partial charge in [-0.15, -0.1) is 0 Å². The fraction of sp³-hybridized carbons (Fsp3) is 0.550. The van der Waals surface area contributed by atoms with Gasteiger partial charge in [0.25, 0.3) is 0 Å². The van der Waals surface area contributed by atoms with E-state index < -0.39 is 0 Å². The Morgan fingerprint density at radius 3 is 2.56 bits per heavy atom. The largest absolute Gasteiger partial charge is 0.392 e. The molecule has 1 atom stereocenters. The summed E-state index contributed by atoms with van der Waals surface area (Å²) in [6, 6.07) is 10.5. The number of nitrogens with zero attached hydrogens (tertiary/aromatic N) is 3. The number of aliphatic hydroxyl groups excluding tert-OH is 1. The van der Waals surface area contributed by atoms with E-state index in [2.05, 4.69) is 36.0 Å². The number of nitrogens with one attached hydrogen (secondary N) is 1. The van der Waals surface area contributed by atoms with Crippen LogP contribution in [0, 0.1) is 5.92 Å². The van der Waals surface area contributed by atoms with Crippen LogP contribution in [-0.2, 0) is 6.61 Å². The molecule has 1 aliphatic rings. The fourth-order valence-corrected chi connectivity index (χ4v) is 3.57. The maximum atomic E-state index is 9.73. The first-order valence-corrected chi connectivity index (χ1v) is 9.24. The van der Waals surface area contributed by atoms with Crippen molar-refractivity contribution in [1.82, 2.24) is 14.8 Å². The maximum Gasteiger partial charge on any atom is 0.132 e. The Hall–Kier alpha value is -1.69. The lowest BCUT2D eigenvalue weighted by atomic mass is 10.0. The second-order valence-electron chi connectivity index (χ2n) is 7.38. The number of hydrogen-bond acceptors (Lipinski definition) is 5. The molecule has 0 aliphatic carbocycles. The van der Waals surface area contributed by atoms with Gasteiger partial charge < -0.3 is 15.3 Å². The second-order valence-corrected chi connectivity index (χ2v) is 7.38. The van der Waals surface area contributed by atoms with Gasteiger partial charge in [0.2, 0.25) is 0 Å². The van der Waals surface area contributed by atoms with E-state index in [9.17, 15) is 5.11 Å². The van der Waals surface area contributed by atoms with Gasteiger partial charge in [-0.1, -0.05) is 32.0 Å². The van der Waals surface area contributed by atoms with Crippen molar-refractivity contribution >= 4 is 16.7 Å². The minimum Gasteiger partial charge on any atom is -0.392 e. The predicted molar refractivity (Wildman–Crippen MR) is 104 cm³/mol. The molecule has 0 spiro atoms. The summed E-state index contributed by atoms with van der Waals surface area (Å²) in [6.07, 6.45) is 0. The van der Waals surface area contributed by atoms with Gasteiger partial charge in [0.1, 0.15) is 5.82 Å². The number of para-hydroxylation sites is 1. The van der Waals surface area contributed by atoms with Crippen molar-refractivity contribution in [2.45, 2.75) is 26.5 Å². The molecule has 1 aliphatic heterocycles. The van der Waals surface area contributed by atoms with E-state index >= 15 is 0 Å². The van der Waals surface area contributed by atoms with Crippen LogP contribution in [0.15, 0.2) is 30.3 Å². The van der Waals surface area contributed by atoms with Gasteiger partial charge in [-0.2, -0.15) is 0 Å². The third-order valence-electron chi connectivity index (χ3n) is 5.23. The molecule has 0 saturated carbocycles. The molecule has 3 rings (SSSR count). The van der Waals surface area contributed by atoms with Crippen LogP contribution < -0.4 is 5.32 Å². The SMILES string of the molecule is CC(C)[C@H](CNc1nc2ccccc2cc1CO)N1CCN(C)CC1. The molecule has 2 heterocycles. The summed E-state index contributed by atoms with van der Waals surface area (Å²) in [5.41, 5.74) is 1.82. The number of anilines is 1. The molecule has 0 amide bonds. The predicted octanol–water partition coefficient (Wildman–Crippen LogP) is 2.41. The molecule has 0 radical (unpaired) electrons. The summed E-state index contributed by atoms with van der Waals surface area (Å²) < 4.78 is 0. The molecule has 1 saturated heterocycles. The molecular formula is C20H30N4O. The molecule has 1 aromatic carbocycles. The van der Waals surface area contributed by atoms with Crippen LogP contribution in [0.3, 0.4) is 0 Å². The highest BCUT2D eigenvalue weighted by atomic mass is 16.3. The van der Waals surface area contributed by atoms with Crippen molar-refractivity contribution in [2.24, 2.45) is 5.92 Å². The van der Waals surface area contributed by atoms with Gasteiger partial charge in [0.05, 0.1) is 12.1 Å². The van der Waals surface area contributed by atoms with Crippen LogP contribution in [0.2, 0.25) is 0 Å². The lowest BCUT2D eigenvalue weighted by Crippen LogP contribution is -2.52. The van der Waals surface area contributed by atoms with Crippen molar-refractivity contribution in [1.29, 1.82) is 0 Å². The average molecular weight is 342 g/mol. The Bertz CT molecular complexity index is 695. The summed E-state index contributed by atoms with van der Waals surface area (Å²) in [5, 5.41) is 14.3. The highest BCUT2D eigenvalue weighted by Crippen LogP contribution is 2.22. The molecule has 1 aromatic heterocycles. The number of rotatable bonds is 6. The fourth-order valence-electron chi connectivity index (χ4n) is 3.57. The number of hydrogen-bond donors (Lipinski definition) is 2. The van der Waals surface area contributed by atoms with E-state index in [1.807, 2.05) is 30.3 Å². The zero-order chi connectivity index (χ0) is 17.8. The highest BCUT2D eigenvalue weighted by molar-refractivity contribution is 5.81. The number of pyridine rings is 1. The first-order chi connectivity index (χ1) is 12.1. The summed E-state index contributed by atoms with van der Waals surface area (Å²) in [6.45, 7) is 9.88. The van der Waals surface area contributed by atoms with Crippen LogP contribution in [0.4, 0.5) is 5.82 Å². The van der Waals surface area contributed by atoms with Gasteiger partial charge in [0, 0.05) is 49.7 Å². The third kappa shape index (κ3) is 4.29. The van der Waals surface area contributed by atoms with Crippen molar-refractivity contribution in [2.75, 3.05) is 45.1 Å². The summed E-state index contributed by atoms with van der Waals surface area (Å²) in [7, 11) is 2.19. The first kappa shape index (κ1) is 18.1. The molecule has 0 bridgehead atoms. The van der Waals surface area contributed by atoms with Crippen LogP contribution >= 0.6 is 0 Å². The monoisotopic (exact) mass is 342 g/mol. The van der Waals surface area contributed by atoms with Gasteiger partial charge >= 0.3 is 0 Å². The van der Waals surface area contributed by atoms with Gasteiger partial charge in [-0.3, -0.25) is 4.90 Å². The number of piperazine rings is 1. The Morgan fingerprint density at radius 2 is 1.88 bits per heavy atom. The van der Waals surface area contributed by atoms with Gasteiger partial charge in [0.15, 0.2) is 0 Å². The smallest absolute Gasteiger partial charge is 0.132 e. The Kier molecular flexibility index (Phi) is 5.89. The summed E-state index contributed by atoms with van der Waals surface area (Å²) in [5.74, 6) is 1.37. The molecule has 2 N–H and O–H groups in total. The number of likely N-dealkylation sites (N-methyl/N-ethyl adjacent to an activating group) is 1. The van der Waals surface area contributed by atoms with E-state index in [4.69, 9.17) is 4.98 Å². The van der Waals surface area contributed by atoms with Crippen molar-refractivity contribution in [3.05, 3.63) is 35.9 Å². The van der Waals surface area contributed by atoms with Crippen molar-refractivity contribution in [3.63, 3.8) is 0 Å². The standard InChI is InChI=1S/C20H30N4O/c1-15(2)19(24-10-8-23(3)9-11-24)13-21-20-17(14-25)12-16-6-4-5-7-18(16)22-20/h4-7,12,15,19,25H,8-11,13-14H2,1-3H3,(H,21,22)/t19-/m0/s1. The topological polar surface area (TPSA) is 51.6 Å². The summed E-state index contributed by atoms with van der Waals surface area (Å²) >= 11 is 0. The van der Waals surface area contributed by atoms with E-state index in [1.165, 1.54) is 0 Å². The summed E-state index contributed by atoms with van der Waals surface area (Å²) in [4.78, 5) is 9.70. The number of aromatic nitrogens is 1. The van der Waals surface area contributed by atoms with Crippen LogP contribution in [0.5, 0.6) is 0 Å². The number of benzene rings is 1. The average Bonchev–Trinajstić information content (AvgIpc) is 2.62. The molecule has 2 aromatic rings. The van der Waals surface area contributed by atoms with Crippen LogP contribution in [-0.4, -0.2) is 65.7 Å². The van der Waals surface area contributed by atoms with Crippen molar-refractivity contribution < 1.29 is 5.11 Å². The number of fused-ring (bicyclic) bond motifs is 1. The minimum absolute atomic E-state index is 0.00101. The van der Waals surface area contributed by atoms with E-state index in [1.54, 1.807) is 0 Å². The van der Waals surface area contributed by atoms with Gasteiger partial charge in [-0.25, -0.2) is 4.98 Å². The second kappa shape index (κ2) is 8.13. The molecular weight excluding hydrogens is 312 g/mol. The number of aliphatic hydroxyl groups is 1. The van der Waals surface area contributed by atoms with E-state index in [0.29, 0.717) is 12.0 Å². The first-order valence-electron chi connectivity index (χ1n) is 9.24. The third-order valence-corrected chi connectivity index (χ3v) is 5.23. The van der Waals surface area contributed by atoms with Crippen LogP contribution in [0.25, 0.3) is 10.9 Å². The molecule has 25 heavy (non-hydrogen) atoms. The minimum atomic E-state index is 0.00101. The highest BCUT2D eigenvalue weighted by Gasteiger charge is 2.25. The quantitative estimate of drug-likeness (QED) is 0.844. The molecule has 1 fully saturated rings. The van der Waals surface area contributed by atoms with Crippen LogP contribution in [0.1, 0.15) is 19.4 Å². The normalized spacial score (nSPS) is 18.0. The molecule has 136 valence electrons. The Balaban J connectivity index is 1.75. The van der Waals surface area contributed by atoms with Crippen molar-refractivity contribution in [3.8, 4) is 0 Å². The zero-order valence-electron chi connectivity index (χ0n) is 15.6. The molecule has 5 heteroatoms. The van der Waals surface area contributed by atoms with Gasteiger partial charge in [-0.05, 0) is 25.1 Å². The molecule has 0 unspecified atom stereocenters. The molecule has 5 nitrogen and oxygen atoms in total. The lowest BCUT2D eigenvalue weighted by molar-refractivity contribution is 0.0943. The van der Waals surface area contributed by atoms with E-state index in [-0.39, 0.29) is 6.61 Å². The zero-order valence-corrected chi connectivity index (χ0v) is 15.6. The Morgan fingerprint density at radius 1 is 1.16 bits per heavy atom.